The third-order valence-corrected chi connectivity index (χ3v) is 7.32. The van der Waals surface area contributed by atoms with E-state index in [0.717, 1.165) is 39.2 Å². The Balaban J connectivity index is 1.46. The second-order valence-corrected chi connectivity index (χ2v) is 9.79. The lowest BCUT2D eigenvalue weighted by molar-refractivity contribution is 0.210. The van der Waals surface area contributed by atoms with Gasteiger partial charge in [0, 0.05) is 16.8 Å². The number of hydrogen-bond acceptors (Lipinski definition) is 4. The molecule has 2 aliphatic rings. The van der Waals surface area contributed by atoms with Crippen molar-refractivity contribution in [3.63, 3.8) is 0 Å². The van der Waals surface area contributed by atoms with Crippen LogP contribution in [0.15, 0.2) is 60.8 Å². The largest absolute Gasteiger partial charge is 0.490 e. The average molecular weight is 456 g/mol. The molecule has 0 radical (unpaired) electrons. The fraction of sp³-hybridized carbons (Fsp3) is 0.304. The van der Waals surface area contributed by atoms with Crippen molar-refractivity contribution in [2.24, 2.45) is 0 Å². The highest BCUT2D eigenvalue weighted by Gasteiger charge is 2.41. The Morgan fingerprint density at radius 2 is 1.87 bits per heavy atom. The zero-order valence-electron chi connectivity index (χ0n) is 16.3. The number of anilines is 1. The van der Waals surface area contributed by atoms with Crippen LogP contribution in [0.1, 0.15) is 48.3 Å². The molecule has 2 aromatic heterocycles. The topological polar surface area (TPSA) is 37.4 Å². The summed E-state index contributed by atoms with van der Waals surface area (Å²) in [7, 11) is 0. The predicted molar refractivity (Wildman–Crippen MR) is 127 cm³/mol. The summed E-state index contributed by atoms with van der Waals surface area (Å²) >= 11 is 13.6. The summed E-state index contributed by atoms with van der Waals surface area (Å²) in [6, 6.07) is 18.2. The van der Waals surface area contributed by atoms with Crippen molar-refractivity contribution < 1.29 is 4.74 Å². The fourth-order valence-electron chi connectivity index (χ4n) is 4.29. The average Bonchev–Trinajstić information content (AvgIpc) is 3.50. The number of hydrogen-bond donors (Lipinski definition) is 1. The zero-order chi connectivity index (χ0) is 20.5. The number of aromatic nitrogens is 1. The Hall–Kier alpha value is -2.15. The number of rotatable bonds is 5. The summed E-state index contributed by atoms with van der Waals surface area (Å²) in [5, 5.41) is 4.16. The first-order chi connectivity index (χ1) is 14.7. The summed E-state index contributed by atoms with van der Waals surface area (Å²) in [4.78, 5) is 7.89. The molecule has 1 aromatic carbocycles. The fourth-order valence-corrected chi connectivity index (χ4v) is 5.83. The van der Waals surface area contributed by atoms with Crippen molar-refractivity contribution >= 4 is 46.0 Å². The highest BCUT2D eigenvalue weighted by atomic mass is 35.5. The van der Waals surface area contributed by atoms with E-state index >= 15 is 0 Å². The van der Waals surface area contributed by atoms with Gasteiger partial charge in [-0.2, -0.15) is 0 Å². The van der Waals surface area contributed by atoms with Crippen LogP contribution in [0.2, 0.25) is 4.34 Å². The molecule has 1 aliphatic carbocycles. The van der Waals surface area contributed by atoms with E-state index in [1.807, 2.05) is 42.6 Å². The maximum absolute atomic E-state index is 6.28. The first kappa shape index (κ1) is 19.8. The Morgan fingerprint density at radius 1 is 1.07 bits per heavy atom. The van der Waals surface area contributed by atoms with Crippen LogP contribution in [0.25, 0.3) is 0 Å². The van der Waals surface area contributed by atoms with Gasteiger partial charge in [0.05, 0.1) is 28.2 Å². The molecule has 30 heavy (non-hydrogen) atoms. The second-order valence-electron chi connectivity index (χ2n) is 7.66. The molecule has 0 bridgehead atoms. The number of pyridine rings is 1. The normalized spacial score (nSPS) is 21.8. The Labute approximate surface area is 190 Å². The number of thiophene rings is 1. The molecular weight excluding hydrogens is 434 g/mol. The van der Waals surface area contributed by atoms with Crippen molar-refractivity contribution in [3.8, 4) is 5.75 Å². The minimum Gasteiger partial charge on any atom is -0.490 e. The molecule has 0 amide bonds. The van der Waals surface area contributed by atoms with Crippen LogP contribution in [-0.4, -0.2) is 16.2 Å². The van der Waals surface area contributed by atoms with E-state index in [1.165, 1.54) is 12.8 Å². The molecule has 2 fully saturated rings. The number of nitrogens with zero attached hydrogens (tertiary/aromatic N) is 2. The molecule has 3 aromatic rings. The van der Waals surface area contributed by atoms with Gasteiger partial charge in [0.15, 0.2) is 5.11 Å². The van der Waals surface area contributed by atoms with Crippen molar-refractivity contribution in [2.45, 2.75) is 43.9 Å². The maximum atomic E-state index is 6.28. The lowest BCUT2D eigenvalue weighted by Gasteiger charge is -2.27. The molecule has 154 valence electrons. The molecule has 0 unspecified atom stereocenters. The molecule has 4 nitrogen and oxygen atoms in total. The molecule has 2 atom stereocenters. The standard InChI is InChI=1S/C23H22ClN3OS2/c24-20-13-12-19(30-20)22-21(18-7-3-4-14-25-18)26-23(29)27(22)15-8-10-17(11-9-15)28-16-5-1-2-6-16/h3-4,7-14,16,21-22H,1-2,5-6H2,(H,26,29)/t21-,22+/m1/s1. The first-order valence-corrected chi connectivity index (χ1v) is 11.8. The summed E-state index contributed by atoms with van der Waals surface area (Å²) in [5.74, 6) is 0.917. The number of ether oxygens (including phenoxy) is 1. The second kappa shape index (κ2) is 8.53. The van der Waals surface area contributed by atoms with E-state index < -0.39 is 0 Å². The number of halogens is 1. The van der Waals surface area contributed by atoms with Gasteiger partial charge in [0.2, 0.25) is 0 Å². The smallest absolute Gasteiger partial charge is 0.174 e. The Kier molecular flexibility index (Phi) is 5.63. The molecule has 3 heterocycles. The highest BCUT2D eigenvalue weighted by molar-refractivity contribution is 7.80. The monoisotopic (exact) mass is 455 g/mol. The SMILES string of the molecule is S=C1N[C@H](c2ccccn2)[C@H](c2ccc(Cl)s2)N1c1ccc(OC2CCCC2)cc1. The van der Waals surface area contributed by atoms with E-state index in [0.29, 0.717) is 11.2 Å². The van der Waals surface area contributed by atoms with Gasteiger partial charge >= 0.3 is 0 Å². The third-order valence-electron chi connectivity index (χ3n) is 5.70. The molecule has 0 spiro atoms. The predicted octanol–water partition coefficient (Wildman–Crippen LogP) is 6.30. The van der Waals surface area contributed by atoms with Gasteiger partial charge in [-0.15, -0.1) is 11.3 Å². The van der Waals surface area contributed by atoms with Crippen LogP contribution < -0.4 is 15.0 Å². The number of nitrogens with one attached hydrogen (secondary N) is 1. The molecule has 1 aliphatic heterocycles. The van der Waals surface area contributed by atoms with Gasteiger partial charge in [-0.05, 0) is 86.4 Å². The Bertz CT molecular complexity index is 1020. The quantitative estimate of drug-likeness (QED) is 0.457. The maximum Gasteiger partial charge on any atom is 0.174 e. The van der Waals surface area contributed by atoms with Crippen LogP contribution in [-0.2, 0) is 0 Å². The van der Waals surface area contributed by atoms with E-state index in [2.05, 4.69) is 33.4 Å². The summed E-state index contributed by atoms with van der Waals surface area (Å²) in [6.07, 6.45) is 6.98. The number of benzene rings is 1. The molecule has 7 heteroatoms. The molecular formula is C23H22ClN3OS2. The summed E-state index contributed by atoms with van der Waals surface area (Å²) < 4.78 is 6.90. The third kappa shape index (κ3) is 3.92. The number of thiocarbonyl (C=S) groups is 1. The molecule has 1 saturated carbocycles. The molecule has 1 saturated heterocycles. The summed E-state index contributed by atoms with van der Waals surface area (Å²) in [6.45, 7) is 0. The van der Waals surface area contributed by atoms with Crippen LogP contribution in [0.5, 0.6) is 5.75 Å². The van der Waals surface area contributed by atoms with E-state index in [4.69, 9.17) is 28.6 Å². The van der Waals surface area contributed by atoms with Gasteiger partial charge < -0.3 is 15.0 Å². The van der Waals surface area contributed by atoms with Crippen molar-refractivity contribution in [1.82, 2.24) is 10.3 Å². The summed E-state index contributed by atoms with van der Waals surface area (Å²) in [5.41, 5.74) is 1.98. The minimum atomic E-state index is -0.0529. The van der Waals surface area contributed by atoms with Crippen LogP contribution in [0.3, 0.4) is 0 Å². The first-order valence-electron chi connectivity index (χ1n) is 10.2. The van der Waals surface area contributed by atoms with E-state index in [9.17, 15) is 0 Å². The van der Waals surface area contributed by atoms with Crippen molar-refractivity contribution in [1.29, 1.82) is 0 Å². The van der Waals surface area contributed by atoms with Crippen LogP contribution in [0.4, 0.5) is 5.69 Å². The zero-order valence-corrected chi connectivity index (χ0v) is 18.7. The van der Waals surface area contributed by atoms with Crippen molar-refractivity contribution in [3.05, 3.63) is 75.7 Å². The van der Waals surface area contributed by atoms with Crippen LogP contribution in [0, 0.1) is 0 Å². The van der Waals surface area contributed by atoms with Crippen molar-refractivity contribution in [2.75, 3.05) is 4.90 Å². The van der Waals surface area contributed by atoms with Gasteiger partial charge in [-0.3, -0.25) is 4.98 Å². The van der Waals surface area contributed by atoms with Gasteiger partial charge in [0.1, 0.15) is 5.75 Å². The van der Waals surface area contributed by atoms with Gasteiger partial charge in [0.25, 0.3) is 0 Å². The highest BCUT2D eigenvalue weighted by Crippen LogP contribution is 2.44. The van der Waals surface area contributed by atoms with Gasteiger partial charge in [-0.1, -0.05) is 17.7 Å². The molecule has 5 rings (SSSR count). The lowest BCUT2D eigenvalue weighted by atomic mass is 10.0. The van der Waals surface area contributed by atoms with Gasteiger partial charge in [-0.25, -0.2) is 0 Å². The lowest BCUT2D eigenvalue weighted by Crippen LogP contribution is -2.29. The molecule has 1 N–H and O–H groups in total. The van der Waals surface area contributed by atoms with E-state index in [-0.39, 0.29) is 12.1 Å². The minimum absolute atomic E-state index is 0.0218. The van der Waals surface area contributed by atoms with Crippen LogP contribution >= 0.6 is 35.2 Å². The Morgan fingerprint density at radius 3 is 2.53 bits per heavy atom. The van der Waals surface area contributed by atoms with E-state index in [1.54, 1.807) is 11.3 Å².